The molecule has 0 aliphatic carbocycles. The molecule has 1 aromatic heterocycles. The van der Waals surface area contributed by atoms with Crippen LogP contribution in [0.2, 0.25) is 0 Å². The van der Waals surface area contributed by atoms with E-state index in [9.17, 15) is 18.0 Å². The summed E-state index contributed by atoms with van der Waals surface area (Å²) in [7, 11) is 0. The molecule has 0 bridgehead atoms. The standard InChI is InChI=1S/C9H8F3NO2S2/c1-16-4-17-7-5(8(14)15)2-3-6(13-7)9(10,11)12/h2-3H,4H2,1H3,(H,14,15). The van der Waals surface area contributed by atoms with Crippen molar-refractivity contribution in [3.63, 3.8) is 0 Å². The van der Waals surface area contributed by atoms with Crippen LogP contribution in [0.25, 0.3) is 0 Å². The predicted molar refractivity (Wildman–Crippen MR) is 60.4 cm³/mol. The molecule has 0 unspecified atom stereocenters. The van der Waals surface area contributed by atoms with Crippen molar-refractivity contribution < 1.29 is 23.1 Å². The van der Waals surface area contributed by atoms with E-state index >= 15 is 0 Å². The Morgan fingerprint density at radius 3 is 2.59 bits per heavy atom. The lowest BCUT2D eigenvalue weighted by molar-refractivity contribution is -0.141. The normalized spacial score (nSPS) is 11.5. The third-order valence-corrected chi connectivity index (χ3v) is 3.69. The Kier molecular flexibility index (Phi) is 4.70. The number of halogens is 3. The molecule has 1 N–H and O–H groups in total. The van der Waals surface area contributed by atoms with Gasteiger partial charge in [0.15, 0.2) is 0 Å². The second-order valence-electron chi connectivity index (χ2n) is 2.90. The fraction of sp³-hybridized carbons (Fsp3) is 0.333. The first-order valence-corrected chi connectivity index (χ1v) is 6.67. The zero-order valence-corrected chi connectivity index (χ0v) is 10.2. The number of rotatable bonds is 4. The lowest BCUT2D eigenvalue weighted by Gasteiger charge is -2.09. The molecule has 0 aliphatic rings. The summed E-state index contributed by atoms with van der Waals surface area (Å²) in [6.45, 7) is 0. The molecule has 3 nitrogen and oxygen atoms in total. The number of carboxylic acids is 1. The highest BCUT2D eigenvalue weighted by Crippen LogP contribution is 2.31. The zero-order chi connectivity index (χ0) is 13.1. The largest absolute Gasteiger partial charge is 0.478 e. The van der Waals surface area contributed by atoms with Gasteiger partial charge in [-0.05, 0) is 18.4 Å². The topological polar surface area (TPSA) is 50.2 Å². The van der Waals surface area contributed by atoms with E-state index in [0.29, 0.717) is 11.2 Å². The van der Waals surface area contributed by atoms with Gasteiger partial charge in [-0.3, -0.25) is 0 Å². The molecule has 17 heavy (non-hydrogen) atoms. The maximum Gasteiger partial charge on any atom is 0.433 e. The number of alkyl halides is 3. The fourth-order valence-electron chi connectivity index (χ4n) is 0.986. The quantitative estimate of drug-likeness (QED) is 0.679. The Balaban J connectivity index is 3.14. The summed E-state index contributed by atoms with van der Waals surface area (Å²) < 4.78 is 37.2. The molecule has 0 radical (unpaired) electrons. The maximum atomic E-state index is 12.4. The summed E-state index contributed by atoms with van der Waals surface area (Å²) in [5.74, 6) is -1.28. The third kappa shape index (κ3) is 3.81. The number of aromatic nitrogens is 1. The molecule has 94 valence electrons. The Morgan fingerprint density at radius 1 is 1.47 bits per heavy atom. The van der Waals surface area contributed by atoms with Crippen LogP contribution in [0.4, 0.5) is 13.2 Å². The SMILES string of the molecule is CSCSc1nc(C(F)(F)F)ccc1C(=O)O. The van der Waals surface area contributed by atoms with Gasteiger partial charge in [-0.15, -0.1) is 0 Å². The van der Waals surface area contributed by atoms with Crippen molar-refractivity contribution in [1.82, 2.24) is 4.98 Å². The van der Waals surface area contributed by atoms with Gasteiger partial charge in [-0.25, -0.2) is 9.78 Å². The molecule has 0 amide bonds. The first-order valence-electron chi connectivity index (χ1n) is 4.29. The van der Waals surface area contributed by atoms with Gasteiger partial charge in [-0.1, -0.05) is 11.8 Å². The molecule has 0 atom stereocenters. The first-order chi connectivity index (χ1) is 7.86. The Hall–Kier alpha value is -0.890. The highest BCUT2D eigenvalue weighted by atomic mass is 32.2. The van der Waals surface area contributed by atoms with Crippen molar-refractivity contribution in [2.45, 2.75) is 11.2 Å². The van der Waals surface area contributed by atoms with Crippen LogP contribution in [0.5, 0.6) is 0 Å². The Bertz CT molecular complexity index is 423. The van der Waals surface area contributed by atoms with E-state index in [1.807, 2.05) is 0 Å². The second-order valence-corrected chi connectivity index (χ2v) is 5.10. The van der Waals surface area contributed by atoms with Gasteiger partial charge in [0.25, 0.3) is 0 Å². The molecular weight excluding hydrogens is 275 g/mol. The summed E-state index contributed by atoms with van der Waals surface area (Å²) in [4.78, 5) is 14.2. The number of hydrogen-bond donors (Lipinski definition) is 1. The van der Waals surface area contributed by atoms with Crippen molar-refractivity contribution in [2.75, 3.05) is 11.3 Å². The predicted octanol–water partition coefficient (Wildman–Crippen LogP) is 3.21. The highest BCUT2D eigenvalue weighted by Gasteiger charge is 2.33. The molecule has 1 aromatic rings. The minimum absolute atomic E-state index is 0.110. The lowest BCUT2D eigenvalue weighted by atomic mass is 10.2. The summed E-state index contributed by atoms with van der Waals surface area (Å²) in [5.41, 5.74) is -1.29. The molecule has 1 rings (SSSR count). The van der Waals surface area contributed by atoms with E-state index in [1.165, 1.54) is 11.8 Å². The van der Waals surface area contributed by atoms with Crippen LogP contribution in [-0.4, -0.2) is 27.4 Å². The number of hydrogen-bond acceptors (Lipinski definition) is 4. The molecule has 0 aliphatic heterocycles. The number of carboxylic acid groups (broad SMARTS) is 1. The van der Waals surface area contributed by atoms with Crippen LogP contribution in [0.1, 0.15) is 16.1 Å². The van der Waals surface area contributed by atoms with Gasteiger partial charge in [0, 0.05) is 5.08 Å². The van der Waals surface area contributed by atoms with E-state index in [1.54, 1.807) is 6.26 Å². The number of thioether (sulfide) groups is 2. The minimum atomic E-state index is -4.56. The summed E-state index contributed by atoms with van der Waals surface area (Å²) in [5, 5.41) is 9.15. The molecule has 0 saturated heterocycles. The highest BCUT2D eigenvalue weighted by molar-refractivity contribution is 8.15. The molecule has 0 saturated carbocycles. The molecule has 8 heteroatoms. The average Bonchev–Trinajstić information content (AvgIpc) is 2.24. The smallest absolute Gasteiger partial charge is 0.433 e. The van der Waals surface area contributed by atoms with Crippen molar-refractivity contribution in [1.29, 1.82) is 0 Å². The van der Waals surface area contributed by atoms with Crippen LogP contribution in [0, 0.1) is 0 Å². The second kappa shape index (κ2) is 5.63. The molecular formula is C9H8F3NO2S2. The van der Waals surface area contributed by atoms with Crippen LogP contribution in [-0.2, 0) is 6.18 Å². The van der Waals surface area contributed by atoms with E-state index in [0.717, 1.165) is 17.8 Å². The number of pyridine rings is 1. The number of aromatic carboxylic acids is 1. The Morgan fingerprint density at radius 2 is 2.12 bits per heavy atom. The van der Waals surface area contributed by atoms with Crippen LogP contribution in [0.15, 0.2) is 17.2 Å². The van der Waals surface area contributed by atoms with E-state index in [-0.39, 0.29) is 10.6 Å². The van der Waals surface area contributed by atoms with Gasteiger partial charge in [0.05, 0.1) is 5.56 Å². The van der Waals surface area contributed by atoms with Crippen LogP contribution < -0.4 is 0 Å². The van der Waals surface area contributed by atoms with E-state index < -0.39 is 17.8 Å². The van der Waals surface area contributed by atoms with E-state index in [2.05, 4.69) is 4.98 Å². The summed E-state index contributed by atoms with van der Waals surface area (Å²) in [6, 6.07) is 1.60. The minimum Gasteiger partial charge on any atom is -0.478 e. The fourth-order valence-corrected chi connectivity index (χ4v) is 2.38. The van der Waals surface area contributed by atoms with Gasteiger partial charge < -0.3 is 5.11 Å². The number of carbonyl (C=O) groups is 1. The van der Waals surface area contributed by atoms with Crippen LogP contribution >= 0.6 is 23.5 Å². The van der Waals surface area contributed by atoms with Gasteiger partial charge in [0.1, 0.15) is 10.7 Å². The monoisotopic (exact) mass is 283 g/mol. The van der Waals surface area contributed by atoms with Crippen molar-refractivity contribution >= 4 is 29.5 Å². The van der Waals surface area contributed by atoms with Crippen molar-refractivity contribution in [3.05, 3.63) is 23.4 Å². The average molecular weight is 283 g/mol. The maximum absolute atomic E-state index is 12.4. The lowest BCUT2D eigenvalue weighted by Crippen LogP contribution is -2.11. The molecule has 1 heterocycles. The van der Waals surface area contributed by atoms with Crippen LogP contribution in [0.3, 0.4) is 0 Å². The summed E-state index contributed by atoms with van der Waals surface area (Å²) in [6.07, 6.45) is -2.80. The molecule has 0 aromatic carbocycles. The van der Waals surface area contributed by atoms with Gasteiger partial charge >= 0.3 is 12.1 Å². The third-order valence-electron chi connectivity index (χ3n) is 1.69. The molecule has 0 fully saturated rings. The Labute approximate surface area is 104 Å². The zero-order valence-electron chi connectivity index (χ0n) is 8.61. The van der Waals surface area contributed by atoms with Gasteiger partial charge in [-0.2, -0.15) is 24.9 Å². The molecule has 0 spiro atoms. The first kappa shape index (κ1) is 14.2. The van der Waals surface area contributed by atoms with Crippen molar-refractivity contribution in [3.8, 4) is 0 Å². The van der Waals surface area contributed by atoms with Crippen molar-refractivity contribution in [2.24, 2.45) is 0 Å². The number of nitrogens with zero attached hydrogens (tertiary/aromatic N) is 1. The summed E-state index contributed by atoms with van der Waals surface area (Å²) >= 11 is 2.36. The van der Waals surface area contributed by atoms with E-state index in [4.69, 9.17) is 5.11 Å². The van der Waals surface area contributed by atoms with Gasteiger partial charge in [0.2, 0.25) is 0 Å².